The van der Waals surface area contributed by atoms with Crippen LogP contribution in [0, 0.1) is 6.92 Å². The Bertz CT molecular complexity index is 1190. The molecule has 0 aliphatic rings. The molecule has 0 aromatic heterocycles. The summed E-state index contributed by atoms with van der Waals surface area (Å²) in [7, 11) is -2.47. The summed E-state index contributed by atoms with van der Waals surface area (Å²) >= 11 is 0. The highest BCUT2D eigenvalue weighted by atomic mass is 32.2. The quantitative estimate of drug-likeness (QED) is 0.593. The summed E-state index contributed by atoms with van der Waals surface area (Å²) in [6.07, 6.45) is 0. The van der Waals surface area contributed by atoms with E-state index in [1.807, 2.05) is 0 Å². The normalized spacial score (nSPS) is 10.9. The maximum absolute atomic E-state index is 13.3. The minimum Gasteiger partial charge on any atom is -0.355 e. The number of sulfonamides is 1. The highest BCUT2D eigenvalue weighted by Gasteiger charge is 2.27. The Hall–Kier alpha value is -3.65. The first-order valence-electron chi connectivity index (χ1n) is 9.58. The van der Waals surface area contributed by atoms with Crippen LogP contribution in [0.4, 0.5) is 11.4 Å². The van der Waals surface area contributed by atoms with E-state index in [4.69, 9.17) is 0 Å². The van der Waals surface area contributed by atoms with Crippen LogP contribution >= 0.6 is 0 Å². The average Bonchev–Trinajstić information content (AvgIpc) is 2.77. The lowest BCUT2D eigenvalue weighted by atomic mass is 10.2. The lowest BCUT2D eigenvalue weighted by Crippen LogP contribution is -2.38. The van der Waals surface area contributed by atoms with Gasteiger partial charge in [-0.2, -0.15) is 0 Å². The molecule has 0 heterocycles. The summed E-state index contributed by atoms with van der Waals surface area (Å²) < 4.78 is 27.8. The highest BCUT2D eigenvalue weighted by molar-refractivity contribution is 7.92. The van der Waals surface area contributed by atoms with Crippen molar-refractivity contribution in [3.05, 3.63) is 90.0 Å². The number of hydrogen-bond acceptors (Lipinski definition) is 4. The molecule has 31 heavy (non-hydrogen) atoms. The molecular formula is C23H23N3O4S. The molecule has 3 aromatic carbocycles. The molecule has 0 radical (unpaired) electrons. The predicted molar refractivity (Wildman–Crippen MR) is 121 cm³/mol. The zero-order valence-electron chi connectivity index (χ0n) is 17.2. The van der Waals surface area contributed by atoms with Crippen molar-refractivity contribution in [3.63, 3.8) is 0 Å². The van der Waals surface area contributed by atoms with Crippen LogP contribution in [0.2, 0.25) is 0 Å². The molecular weight excluding hydrogens is 414 g/mol. The number of carbonyl (C=O) groups is 2. The van der Waals surface area contributed by atoms with Gasteiger partial charge in [-0.15, -0.1) is 0 Å². The first-order valence-corrected chi connectivity index (χ1v) is 11.0. The van der Waals surface area contributed by atoms with Gasteiger partial charge in [-0.25, -0.2) is 8.42 Å². The third-order valence-corrected chi connectivity index (χ3v) is 6.31. The molecule has 7 nitrogen and oxygen atoms in total. The van der Waals surface area contributed by atoms with Crippen LogP contribution in [0.5, 0.6) is 0 Å². The number of hydrogen-bond donors (Lipinski definition) is 2. The maximum Gasteiger partial charge on any atom is 0.264 e. The summed E-state index contributed by atoms with van der Waals surface area (Å²) in [6.45, 7) is 1.38. The Balaban J connectivity index is 1.90. The Labute approximate surface area is 181 Å². The van der Waals surface area contributed by atoms with Gasteiger partial charge in [0.25, 0.3) is 15.9 Å². The summed E-state index contributed by atoms with van der Waals surface area (Å²) in [6, 6.07) is 21.4. The molecule has 0 saturated carbocycles. The molecule has 160 valence electrons. The van der Waals surface area contributed by atoms with Gasteiger partial charge in [-0.1, -0.05) is 36.4 Å². The second-order valence-corrected chi connectivity index (χ2v) is 8.73. The van der Waals surface area contributed by atoms with E-state index in [1.165, 1.54) is 19.2 Å². The number of aryl methyl sites for hydroxylation is 1. The van der Waals surface area contributed by atoms with Crippen molar-refractivity contribution < 1.29 is 18.0 Å². The summed E-state index contributed by atoms with van der Waals surface area (Å²) in [5.41, 5.74) is 1.95. The molecule has 0 unspecified atom stereocenters. The second-order valence-electron chi connectivity index (χ2n) is 6.87. The Kier molecular flexibility index (Phi) is 6.71. The fraction of sp³-hybridized carbons (Fsp3) is 0.130. The van der Waals surface area contributed by atoms with E-state index in [1.54, 1.807) is 73.7 Å². The van der Waals surface area contributed by atoms with Crippen molar-refractivity contribution in [2.24, 2.45) is 0 Å². The number of carbonyl (C=O) groups excluding carboxylic acids is 2. The van der Waals surface area contributed by atoms with Crippen molar-refractivity contribution in [2.45, 2.75) is 11.8 Å². The van der Waals surface area contributed by atoms with Crippen LogP contribution in [0.15, 0.2) is 83.8 Å². The van der Waals surface area contributed by atoms with E-state index < -0.39 is 22.5 Å². The lowest BCUT2D eigenvalue weighted by Gasteiger charge is -2.24. The van der Waals surface area contributed by atoms with E-state index >= 15 is 0 Å². The molecule has 0 bridgehead atoms. The van der Waals surface area contributed by atoms with Crippen LogP contribution in [0.3, 0.4) is 0 Å². The molecule has 0 atom stereocenters. The van der Waals surface area contributed by atoms with Gasteiger partial charge in [0.05, 0.1) is 10.6 Å². The van der Waals surface area contributed by atoms with E-state index in [9.17, 15) is 18.0 Å². The van der Waals surface area contributed by atoms with Crippen molar-refractivity contribution in [2.75, 3.05) is 23.2 Å². The Morgan fingerprint density at radius 3 is 2.29 bits per heavy atom. The lowest BCUT2D eigenvalue weighted by molar-refractivity contribution is -0.114. The molecule has 8 heteroatoms. The van der Waals surface area contributed by atoms with Gasteiger partial charge < -0.3 is 10.6 Å². The number of amides is 2. The minimum absolute atomic E-state index is 0.103. The molecule has 3 aromatic rings. The fourth-order valence-electron chi connectivity index (χ4n) is 3.03. The topological polar surface area (TPSA) is 95.6 Å². The van der Waals surface area contributed by atoms with E-state index in [-0.39, 0.29) is 10.8 Å². The van der Waals surface area contributed by atoms with Crippen molar-refractivity contribution in [1.82, 2.24) is 5.32 Å². The smallest absolute Gasteiger partial charge is 0.264 e. The summed E-state index contributed by atoms with van der Waals surface area (Å²) in [5, 5.41) is 5.19. The number of nitrogens with zero attached hydrogens (tertiary/aromatic N) is 1. The minimum atomic E-state index is -3.98. The summed E-state index contributed by atoms with van der Waals surface area (Å²) in [5.74, 6) is -0.821. The number of rotatable bonds is 7. The molecule has 0 spiro atoms. The summed E-state index contributed by atoms with van der Waals surface area (Å²) in [4.78, 5) is 24.7. The molecule has 2 N–H and O–H groups in total. The Morgan fingerprint density at radius 1 is 0.903 bits per heavy atom. The standard InChI is InChI=1S/C23H23N3O4S/c1-17-8-6-13-21(14-17)31(29,30)26(20-11-4-3-5-12-20)16-22(27)25-19-10-7-9-18(15-19)23(28)24-2/h3-15H,16H2,1-2H3,(H,24,28)(H,25,27). The molecule has 2 amide bonds. The molecule has 0 saturated heterocycles. The van der Waals surface area contributed by atoms with Crippen LogP contribution < -0.4 is 14.9 Å². The molecule has 0 aliphatic carbocycles. The number of anilines is 2. The first kappa shape index (κ1) is 22.0. The highest BCUT2D eigenvalue weighted by Crippen LogP contribution is 2.24. The zero-order valence-corrected chi connectivity index (χ0v) is 18.0. The number of nitrogens with one attached hydrogen (secondary N) is 2. The molecule has 0 fully saturated rings. The van der Waals surface area contributed by atoms with Gasteiger partial charge in [0.1, 0.15) is 6.54 Å². The number of benzene rings is 3. The van der Waals surface area contributed by atoms with Gasteiger partial charge in [-0.05, 0) is 55.0 Å². The average molecular weight is 438 g/mol. The van der Waals surface area contributed by atoms with Crippen molar-refractivity contribution >= 4 is 33.2 Å². The van der Waals surface area contributed by atoms with Crippen molar-refractivity contribution in [3.8, 4) is 0 Å². The predicted octanol–water partition coefficient (Wildman–Crippen LogP) is 3.19. The third-order valence-electron chi connectivity index (χ3n) is 4.54. The molecule has 0 aliphatic heterocycles. The monoisotopic (exact) mass is 437 g/mol. The van der Waals surface area contributed by atoms with Crippen LogP contribution in [-0.4, -0.2) is 33.8 Å². The SMILES string of the molecule is CNC(=O)c1cccc(NC(=O)CN(c2ccccc2)S(=O)(=O)c2cccc(C)c2)c1. The van der Waals surface area contributed by atoms with Gasteiger partial charge in [0, 0.05) is 18.3 Å². The zero-order chi connectivity index (χ0) is 22.4. The largest absolute Gasteiger partial charge is 0.355 e. The van der Waals surface area contributed by atoms with Gasteiger partial charge in [-0.3, -0.25) is 13.9 Å². The second kappa shape index (κ2) is 9.44. The van der Waals surface area contributed by atoms with Crippen LogP contribution in [0.1, 0.15) is 15.9 Å². The van der Waals surface area contributed by atoms with Crippen molar-refractivity contribution in [1.29, 1.82) is 0 Å². The van der Waals surface area contributed by atoms with Crippen LogP contribution in [-0.2, 0) is 14.8 Å². The number of para-hydroxylation sites is 1. The van der Waals surface area contributed by atoms with Gasteiger partial charge >= 0.3 is 0 Å². The fourth-order valence-corrected chi connectivity index (χ4v) is 4.55. The van der Waals surface area contributed by atoms with E-state index in [2.05, 4.69) is 10.6 Å². The third kappa shape index (κ3) is 5.29. The van der Waals surface area contributed by atoms with E-state index in [0.29, 0.717) is 16.9 Å². The first-order chi connectivity index (χ1) is 14.8. The van der Waals surface area contributed by atoms with Crippen LogP contribution in [0.25, 0.3) is 0 Å². The maximum atomic E-state index is 13.3. The molecule has 3 rings (SSSR count). The Morgan fingerprint density at radius 2 is 1.61 bits per heavy atom. The van der Waals surface area contributed by atoms with Gasteiger partial charge in [0.15, 0.2) is 0 Å². The van der Waals surface area contributed by atoms with E-state index in [0.717, 1.165) is 9.87 Å². The van der Waals surface area contributed by atoms with Gasteiger partial charge in [0.2, 0.25) is 5.91 Å².